The average molecular weight is 449 g/mol. The fourth-order valence-electron chi connectivity index (χ4n) is 4.89. The number of hydrogen-bond donors (Lipinski definition) is 1. The Morgan fingerprint density at radius 2 is 1.58 bits per heavy atom. The highest BCUT2D eigenvalue weighted by Crippen LogP contribution is 2.25. The molecule has 2 aliphatic heterocycles. The summed E-state index contributed by atoms with van der Waals surface area (Å²) in [7, 11) is 0. The third-order valence-corrected chi connectivity index (χ3v) is 6.91. The molecule has 176 valence electrons. The van der Waals surface area contributed by atoms with Crippen LogP contribution >= 0.6 is 0 Å². The number of amides is 3. The molecule has 3 amide bonds. The maximum atomic E-state index is 13.0. The van der Waals surface area contributed by atoms with Gasteiger partial charge < -0.3 is 20.0 Å². The molecule has 2 heterocycles. The second kappa shape index (κ2) is 10.3. The van der Waals surface area contributed by atoms with Crippen LogP contribution in [0.5, 0.6) is 0 Å². The van der Waals surface area contributed by atoms with Crippen LogP contribution in [0.1, 0.15) is 36.0 Å². The number of carbonyl (C=O) groups is 2. The maximum absolute atomic E-state index is 13.0. The Hall–Kier alpha value is -3.02. The Morgan fingerprint density at radius 1 is 0.879 bits per heavy atom. The molecule has 1 N–H and O–H groups in total. The third-order valence-electron chi connectivity index (χ3n) is 6.91. The van der Waals surface area contributed by atoms with E-state index in [1.165, 1.54) is 22.4 Å². The lowest BCUT2D eigenvalue weighted by Gasteiger charge is -2.38. The summed E-state index contributed by atoms with van der Waals surface area (Å²) < 4.78 is 0. The van der Waals surface area contributed by atoms with Crippen molar-refractivity contribution >= 4 is 23.3 Å². The van der Waals surface area contributed by atoms with E-state index in [0.717, 1.165) is 51.3 Å². The van der Waals surface area contributed by atoms with Crippen LogP contribution in [0.25, 0.3) is 0 Å². The normalized spacial score (nSPS) is 18.9. The topological polar surface area (TPSA) is 55.9 Å². The second-order valence-corrected chi connectivity index (χ2v) is 9.61. The first-order valence-electron chi connectivity index (χ1n) is 12.1. The molecule has 0 spiro atoms. The van der Waals surface area contributed by atoms with Gasteiger partial charge in [0.1, 0.15) is 0 Å². The van der Waals surface area contributed by atoms with Crippen molar-refractivity contribution in [3.63, 3.8) is 0 Å². The molecular weight excluding hydrogens is 412 g/mol. The Labute approximate surface area is 197 Å². The molecule has 2 aliphatic rings. The number of aryl methyl sites for hydroxylation is 3. The van der Waals surface area contributed by atoms with E-state index in [-0.39, 0.29) is 17.9 Å². The zero-order valence-electron chi connectivity index (χ0n) is 20.1. The fourth-order valence-corrected chi connectivity index (χ4v) is 4.89. The summed E-state index contributed by atoms with van der Waals surface area (Å²) in [6.45, 7) is 10.9. The van der Waals surface area contributed by atoms with Crippen LogP contribution < -0.4 is 10.2 Å². The van der Waals surface area contributed by atoms with E-state index in [0.29, 0.717) is 13.0 Å². The van der Waals surface area contributed by atoms with Gasteiger partial charge in [-0.1, -0.05) is 29.8 Å². The summed E-state index contributed by atoms with van der Waals surface area (Å²) in [5.74, 6) is 0.452. The van der Waals surface area contributed by atoms with Crippen molar-refractivity contribution in [2.45, 2.75) is 40.0 Å². The molecule has 6 nitrogen and oxygen atoms in total. The van der Waals surface area contributed by atoms with Gasteiger partial charge in [-0.3, -0.25) is 4.79 Å². The molecule has 33 heavy (non-hydrogen) atoms. The lowest BCUT2D eigenvalue weighted by atomic mass is 9.94. The molecule has 6 heteroatoms. The number of nitrogens with zero attached hydrogens (tertiary/aromatic N) is 3. The van der Waals surface area contributed by atoms with E-state index in [1.807, 2.05) is 41.0 Å². The number of anilines is 2. The monoisotopic (exact) mass is 448 g/mol. The predicted molar refractivity (Wildman–Crippen MR) is 134 cm³/mol. The molecule has 0 saturated carbocycles. The highest BCUT2D eigenvalue weighted by molar-refractivity contribution is 5.89. The van der Waals surface area contributed by atoms with Crippen LogP contribution in [0.15, 0.2) is 42.5 Å². The van der Waals surface area contributed by atoms with Gasteiger partial charge in [-0.05, 0) is 68.9 Å². The minimum Gasteiger partial charge on any atom is -0.368 e. The number of likely N-dealkylation sites (tertiary alicyclic amines) is 1. The van der Waals surface area contributed by atoms with Gasteiger partial charge in [0.15, 0.2) is 0 Å². The van der Waals surface area contributed by atoms with Crippen LogP contribution in [0, 0.1) is 26.7 Å². The number of nitrogens with one attached hydrogen (secondary N) is 1. The average Bonchev–Trinajstić information content (AvgIpc) is 2.82. The number of piperidine rings is 1. The van der Waals surface area contributed by atoms with Gasteiger partial charge in [-0.2, -0.15) is 0 Å². The van der Waals surface area contributed by atoms with Crippen LogP contribution in [0.2, 0.25) is 0 Å². The quantitative estimate of drug-likeness (QED) is 0.744. The van der Waals surface area contributed by atoms with E-state index >= 15 is 0 Å². The zero-order valence-corrected chi connectivity index (χ0v) is 20.1. The van der Waals surface area contributed by atoms with Crippen molar-refractivity contribution in [3.8, 4) is 0 Å². The summed E-state index contributed by atoms with van der Waals surface area (Å²) in [4.78, 5) is 32.0. The number of carbonyl (C=O) groups excluding carboxylic acids is 2. The molecule has 2 aromatic rings. The molecule has 0 radical (unpaired) electrons. The second-order valence-electron chi connectivity index (χ2n) is 9.61. The molecule has 2 saturated heterocycles. The largest absolute Gasteiger partial charge is 0.368 e. The molecule has 4 rings (SSSR count). The number of rotatable bonds is 4. The maximum Gasteiger partial charge on any atom is 0.321 e. The first-order chi connectivity index (χ1) is 15.9. The molecule has 2 aromatic carbocycles. The number of piperazine rings is 1. The molecule has 1 atom stereocenters. The number of urea groups is 1. The van der Waals surface area contributed by atoms with Crippen LogP contribution in [-0.4, -0.2) is 61.0 Å². The van der Waals surface area contributed by atoms with Crippen LogP contribution in [-0.2, 0) is 4.79 Å². The van der Waals surface area contributed by atoms with Crippen molar-refractivity contribution in [2.75, 3.05) is 49.5 Å². The van der Waals surface area contributed by atoms with Crippen molar-refractivity contribution in [2.24, 2.45) is 5.92 Å². The van der Waals surface area contributed by atoms with Gasteiger partial charge in [-0.25, -0.2) is 4.79 Å². The van der Waals surface area contributed by atoms with Gasteiger partial charge in [0.2, 0.25) is 5.91 Å². The Bertz CT molecular complexity index is 980. The standard InChI is InChI=1S/C27H36N4O2/c1-20-7-10-24(11-8-20)28-27(33)31-12-4-5-23(19-31)18-26(32)30-15-13-29(14-16-30)25-17-21(2)6-9-22(25)3/h6-11,17,23H,4-5,12-16,18-19H2,1-3H3,(H,28,33). The van der Waals surface area contributed by atoms with Crippen LogP contribution in [0.4, 0.5) is 16.2 Å². The van der Waals surface area contributed by atoms with E-state index in [1.54, 1.807) is 0 Å². The SMILES string of the molecule is Cc1ccc(NC(=O)N2CCCC(CC(=O)N3CCN(c4cc(C)ccc4C)CC3)C2)cc1. The summed E-state index contributed by atoms with van der Waals surface area (Å²) >= 11 is 0. The van der Waals surface area contributed by atoms with Gasteiger partial charge in [0.25, 0.3) is 0 Å². The number of hydrogen-bond acceptors (Lipinski definition) is 3. The van der Waals surface area contributed by atoms with Crippen LogP contribution in [0.3, 0.4) is 0 Å². The van der Waals surface area contributed by atoms with E-state index < -0.39 is 0 Å². The van der Waals surface area contributed by atoms with E-state index in [4.69, 9.17) is 0 Å². The highest BCUT2D eigenvalue weighted by atomic mass is 16.2. The minimum absolute atomic E-state index is 0.0712. The first-order valence-corrected chi connectivity index (χ1v) is 12.1. The van der Waals surface area contributed by atoms with E-state index in [2.05, 4.69) is 42.3 Å². The predicted octanol–water partition coefficient (Wildman–Crippen LogP) is 4.59. The molecule has 2 fully saturated rings. The highest BCUT2D eigenvalue weighted by Gasteiger charge is 2.28. The fraction of sp³-hybridized carbons (Fsp3) is 0.481. The third kappa shape index (κ3) is 5.86. The van der Waals surface area contributed by atoms with Gasteiger partial charge in [-0.15, -0.1) is 0 Å². The lowest BCUT2D eigenvalue weighted by molar-refractivity contribution is -0.132. The van der Waals surface area contributed by atoms with E-state index in [9.17, 15) is 9.59 Å². The molecule has 0 aromatic heterocycles. The van der Waals surface area contributed by atoms with Crippen molar-refractivity contribution in [3.05, 3.63) is 59.2 Å². The molecular formula is C27H36N4O2. The summed E-state index contributed by atoms with van der Waals surface area (Å²) in [5, 5.41) is 2.99. The molecule has 0 bridgehead atoms. The molecule has 0 aliphatic carbocycles. The Balaban J connectivity index is 1.26. The van der Waals surface area contributed by atoms with Gasteiger partial charge in [0, 0.05) is 57.1 Å². The first kappa shape index (κ1) is 23.1. The summed E-state index contributed by atoms with van der Waals surface area (Å²) in [6.07, 6.45) is 2.47. The van der Waals surface area contributed by atoms with Gasteiger partial charge >= 0.3 is 6.03 Å². The Kier molecular flexibility index (Phi) is 7.21. The zero-order chi connectivity index (χ0) is 23.4. The van der Waals surface area contributed by atoms with Gasteiger partial charge in [0.05, 0.1) is 0 Å². The van der Waals surface area contributed by atoms with Crippen molar-refractivity contribution < 1.29 is 9.59 Å². The smallest absolute Gasteiger partial charge is 0.321 e. The minimum atomic E-state index is -0.0712. The molecule has 1 unspecified atom stereocenters. The number of benzene rings is 2. The Morgan fingerprint density at radius 3 is 2.30 bits per heavy atom. The lowest BCUT2D eigenvalue weighted by Crippen LogP contribution is -2.50. The van der Waals surface area contributed by atoms with Crippen molar-refractivity contribution in [1.29, 1.82) is 0 Å². The van der Waals surface area contributed by atoms with Crippen molar-refractivity contribution in [1.82, 2.24) is 9.80 Å². The summed E-state index contributed by atoms with van der Waals surface area (Å²) in [6, 6.07) is 14.3. The summed E-state index contributed by atoms with van der Waals surface area (Å²) in [5.41, 5.74) is 5.81.